The number of benzene rings is 1. The van der Waals surface area contributed by atoms with Gasteiger partial charge < -0.3 is 24.5 Å². The van der Waals surface area contributed by atoms with Gasteiger partial charge in [0, 0.05) is 32.0 Å². The maximum atomic E-state index is 5.45. The summed E-state index contributed by atoms with van der Waals surface area (Å²) in [5.74, 6) is 3.17. The lowest BCUT2D eigenvalue weighted by atomic mass is 10.1. The first-order valence-corrected chi connectivity index (χ1v) is 9.09. The zero-order chi connectivity index (χ0) is 18.0. The van der Waals surface area contributed by atoms with E-state index in [4.69, 9.17) is 18.9 Å². The van der Waals surface area contributed by atoms with Crippen LogP contribution in [0.2, 0.25) is 0 Å². The van der Waals surface area contributed by atoms with Crippen molar-refractivity contribution in [3.05, 3.63) is 54.0 Å². The predicted octanol–water partition coefficient (Wildman–Crippen LogP) is 2.60. The fourth-order valence-corrected chi connectivity index (χ4v) is 2.86. The molecule has 3 rings (SSSR count). The molecule has 0 amide bonds. The molecular formula is C20H27N3O3. The molecule has 0 bridgehead atoms. The average molecular weight is 357 g/mol. The van der Waals surface area contributed by atoms with Gasteiger partial charge in [0.15, 0.2) is 5.96 Å². The fourth-order valence-electron chi connectivity index (χ4n) is 2.86. The number of ether oxygens (including phenoxy) is 2. The molecule has 0 saturated carbocycles. The number of hydrogen-bond donors (Lipinski definition) is 2. The molecule has 0 aliphatic carbocycles. The number of nitrogens with zero attached hydrogens (tertiary/aromatic N) is 1. The molecule has 6 heteroatoms. The molecule has 1 atom stereocenters. The minimum Gasteiger partial charge on any atom is -0.497 e. The Balaban J connectivity index is 1.56. The lowest BCUT2D eigenvalue weighted by Gasteiger charge is -2.15. The predicted molar refractivity (Wildman–Crippen MR) is 101 cm³/mol. The molecule has 0 spiro atoms. The number of guanidine groups is 1. The van der Waals surface area contributed by atoms with E-state index >= 15 is 0 Å². The molecule has 140 valence electrons. The Labute approximate surface area is 154 Å². The minimum absolute atomic E-state index is 0.545. The van der Waals surface area contributed by atoms with E-state index in [-0.39, 0.29) is 0 Å². The normalized spacial score (nSPS) is 17.3. The van der Waals surface area contributed by atoms with E-state index in [1.165, 1.54) is 0 Å². The zero-order valence-corrected chi connectivity index (χ0v) is 15.2. The third-order valence-corrected chi connectivity index (χ3v) is 4.38. The summed E-state index contributed by atoms with van der Waals surface area (Å²) in [5, 5.41) is 6.83. The van der Waals surface area contributed by atoms with Gasteiger partial charge in [0.25, 0.3) is 0 Å². The third kappa shape index (κ3) is 5.81. The lowest BCUT2D eigenvalue weighted by molar-refractivity contribution is 0.186. The Morgan fingerprint density at radius 3 is 3.00 bits per heavy atom. The molecule has 1 fully saturated rings. The van der Waals surface area contributed by atoms with E-state index in [9.17, 15) is 0 Å². The van der Waals surface area contributed by atoms with Gasteiger partial charge in [0.05, 0.1) is 26.5 Å². The van der Waals surface area contributed by atoms with Gasteiger partial charge in [-0.1, -0.05) is 12.1 Å². The number of rotatable bonds is 8. The van der Waals surface area contributed by atoms with Crippen molar-refractivity contribution in [2.75, 3.05) is 33.4 Å². The Hall–Kier alpha value is -2.47. The smallest absolute Gasteiger partial charge is 0.191 e. The first-order chi connectivity index (χ1) is 12.8. The molecule has 1 aliphatic heterocycles. The van der Waals surface area contributed by atoms with Crippen molar-refractivity contribution in [1.82, 2.24) is 10.6 Å². The van der Waals surface area contributed by atoms with Crippen LogP contribution >= 0.6 is 0 Å². The topological polar surface area (TPSA) is 68.0 Å². The van der Waals surface area contributed by atoms with Gasteiger partial charge in [-0.2, -0.15) is 0 Å². The summed E-state index contributed by atoms with van der Waals surface area (Å²) in [4.78, 5) is 4.72. The summed E-state index contributed by atoms with van der Waals surface area (Å²) >= 11 is 0. The van der Waals surface area contributed by atoms with Gasteiger partial charge in [-0.3, -0.25) is 0 Å². The van der Waals surface area contributed by atoms with E-state index < -0.39 is 0 Å². The molecule has 2 aromatic rings. The lowest BCUT2D eigenvalue weighted by Crippen LogP contribution is -2.40. The molecule has 1 unspecified atom stereocenters. The molecule has 1 saturated heterocycles. The fraction of sp³-hybridized carbons (Fsp3) is 0.450. The van der Waals surface area contributed by atoms with Crippen molar-refractivity contribution in [2.45, 2.75) is 19.4 Å². The van der Waals surface area contributed by atoms with E-state index in [1.54, 1.807) is 13.4 Å². The second-order valence-electron chi connectivity index (χ2n) is 6.38. The summed E-state index contributed by atoms with van der Waals surface area (Å²) in [5.41, 5.74) is 1.11. The second kappa shape index (κ2) is 9.87. The highest BCUT2D eigenvalue weighted by Crippen LogP contribution is 2.13. The molecule has 1 aliphatic rings. The van der Waals surface area contributed by atoms with Crippen LogP contribution in [0.5, 0.6) is 5.75 Å². The Bertz CT molecular complexity index is 679. The van der Waals surface area contributed by atoms with Gasteiger partial charge in [-0.05, 0) is 36.2 Å². The maximum absolute atomic E-state index is 5.45. The van der Waals surface area contributed by atoms with Gasteiger partial charge in [-0.15, -0.1) is 0 Å². The standard InChI is InChI=1S/C20H27N3O3/c1-24-19-5-2-4-16(12-19)13-22-20(23-14-17-8-11-25-15-17)21-9-7-18-6-3-10-26-18/h2-6,10,12,17H,7-9,11,13-15H2,1H3,(H2,21,22,23). The molecule has 2 N–H and O–H groups in total. The Morgan fingerprint density at radius 1 is 1.27 bits per heavy atom. The molecular weight excluding hydrogens is 330 g/mol. The number of methoxy groups -OCH3 is 1. The number of furan rings is 1. The first kappa shape index (κ1) is 18.3. The molecule has 6 nitrogen and oxygen atoms in total. The van der Waals surface area contributed by atoms with Crippen LogP contribution < -0.4 is 15.4 Å². The quantitative estimate of drug-likeness (QED) is 0.561. The van der Waals surface area contributed by atoms with E-state index in [0.29, 0.717) is 12.5 Å². The van der Waals surface area contributed by atoms with Gasteiger partial charge in [0.1, 0.15) is 11.5 Å². The van der Waals surface area contributed by atoms with Crippen LogP contribution in [0, 0.1) is 5.92 Å². The molecule has 2 heterocycles. The average Bonchev–Trinajstić information content (AvgIpc) is 3.37. The largest absolute Gasteiger partial charge is 0.497 e. The van der Waals surface area contributed by atoms with Crippen LogP contribution in [0.15, 0.2) is 52.1 Å². The van der Waals surface area contributed by atoms with Gasteiger partial charge in [0.2, 0.25) is 0 Å². The highest BCUT2D eigenvalue weighted by molar-refractivity contribution is 5.79. The van der Waals surface area contributed by atoms with Crippen molar-refractivity contribution < 1.29 is 13.9 Å². The highest BCUT2D eigenvalue weighted by Gasteiger charge is 2.15. The van der Waals surface area contributed by atoms with E-state index in [1.807, 2.05) is 30.3 Å². The van der Waals surface area contributed by atoms with Crippen LogP contribution in [-0.4, -0.2) is 39.4 Å². The summed E-state index contributed by atoms with van der Waals surface area (Å²) in [6.45, 7) is 3.90. The third-order valence-electron chi connectivity index (χ3n) is 4.38. The van der Waals surface area contributed by atoms with Crippen LogP contribution in [0.1, 0.15) is 17.7 Å². The van der Waals surface area contributed by atoms with Crippen molar-refractivity contribution >= 4 is 5.96 Å². The van der Waals surface area contributed by atoms with Crippen LogP contribution in [-0.2, 0) is 17.7 Å². The summed E-state index contributed by atoms with van der Waals surface area (Å²) in [7, 11) is 1.68. The van der Waals surface area contributed by atoms with Crippen LogP contribution in [0.3, 0.4) is 0 Å². The highest BCUT2D eigenvalue weighted by atomic mass is 16.5. The Kier molecular flexibility index (Phi) is 6.96. The van der Waals surface area contributed by atoms with Crippen molar-refractivity contribution in [1.29, 1.82) is 0 Å². The monoisotopic (exact) mass is 357 g/mol. The molecule has 26 heavy (non-hydrogen) atoms. The minimum atomic E-state index is 0.545. The second-order valence-corrected chi connectivity index (χ2v) is 6.38. The van der Waals surface area contributed by atoms with Crippen LogP contribution in [0.4, 0.5) is 0 Å². The summed E-state index contributed by atoms with van der Waals surface area (Å²) in [6.07, 6.45) is 3.62. The SMILES string of the molecule is COc1cccc(CN=C(NCCc2ccco2)NCC2CCOC2)c1. The number of hydrogen-bond acceptors (Lipinski definition) is 4. The van der Waals surface area contributed by atoms with E-state index in [2.05, 4.69) is 16.7 Å². The summed E-state index contributed by atoms with van der Waals surface area (Å²) in [6, 6.07) is 11.9. The van der Waals surface area contributed by atoms with Gasteiger partial charge >= 0.3 is 0 Å². The van der Waals surface area contributed by atoms with E-state index in [0.717, 1.165) is 62.2 Å². The molecule has 1 aromatic heterocycles. The number of nitrogens with one attached hydrogen (secondary N) is 2. The number of aliphatic imine (C=N–C) groups is 1. The summed E-state index contributed by atoms with van der Waals surface area (Å²) < 4.78 is 16.1. The van der Waals surface area contributed by atoms with Crippen molar-refractivity contribution in [3.8, 4) is 5.75 Å². The van der Waals surface area contributed by atoms with Crippen LogP contribution in [0.25, 0.3) is 0 Å². The Morgan fingerprint density at radius 2 is 2.23 bits per heavy atom. The molecule has 0 radical (unpaired) electrons. The zero-order valence-electron chi connectivity index (χ0n) is 15.2. The first-order valence-electron chi connectivity index (χ1n) is 9.09. The van der Waals surface area contributed by atoms with Crippen molar-refractivity contribution in [3.63, 3.8) is 0 Å². The van der Waals surface area contributed by atoms with Crippen molar-refractivity contribution in [2.24, 2.45) is 10.9 Å². The maximum Gasteiger partial charge on any atom is 0.191 e. The molecule has 1 aromatic carbocycles. The van der Waals surface area contributed by atoms with Gasteiger partial charge in [-0.25, -0.2) is 4.99 Å².